The molecule has 3 fully saturated rings. The van der Waals surface area contributed by atoms with Gasteiger partial charge in [-0.2, -0.15) is 0 Å². The smallest absolute Gasteiger partial charge is 0.220 e. The van der Waals surface area contributed by atoms with Gasteiger partial charge in [-0.1, -0.05) is 97.3 Å². The summed E-state index contributed by atoms with van der Waals surface area (Å²) in [5.74, 6) is -0.258. The van der Waals surface area contributed by atoms with Gasteiger partial charge < -0.3 is 89.9 Å². The minimum atomic E-state index is -1.96. The van der Waals surface area contributed by atoms with E-state index in [9.17, 15) is 61.0 Å². The molecular weight excluding hydrogens is 782 g/mol. The van der Waals surface area contributed by atoms with Crippen LogP contribution in [-0.2, 0) is 33.2 Å². The van der Waals surface area contributed by atoms with Crippen molar-refractivity contribution in [1.29, 1.82) is 0 Å². The van der Waals surface area contributed by atoms with Crippen LogP contribution in [0.5, 0.6) is 0 Å². The molecule has 0 aromatic carbocycles. The van der Waals surface area contributed by atoms with Crippen molar-refractivity contribution in [3.63, 3.8) is 0 Å². The number of aliphatic hydroxyl groups is 11. The van der Waals surface area contributed by atoms with Gasteiger partial charge in [0.05, 0.1) is 38.6 Å². The second kappa shape index (κ2) is 27.8. The fraction of sp³-hybridized carbons (Fsp3) is 0.975. The second-order valence-electron chi connectivity index (χ2n) is 16.2. The van der Waals surface area contributed by atoms with Gasteiger partial charge in [-0.25, -0.2) is 0 Å². The zero-order chi connectivity index (χ0) is 43.5. The summed E-state index contributed by atoms with van der Waals surface area (Å²) < 4.78 is 33.8. The van der Waals surface area contributed by atoms with Crippen LogP contribution in [0.2, 0.25) is 0 Å². The summed E-state index contributed by atoms with van der Waals surface area (Å²) in [5, 5.41) is 118. The Morgan fingerprint density at radius 1 is 0.542 bits per heavy atom. The first kappa shape index (κ1) is 52.1. The number of nitrogens with one attached hydrogen (secondary N) is 1. The Labute approximate surface area is 347 Å². The fourth-order valence-electron chi connectivity index (χ4n) is 7.66. The molecule has 0 aromatic heterocycles. The largest absolute Gasteiger partial charge is 0.394 e. The van der Waals surface area contributed by atoms with Gasteiger partial charge in [0.2, 0.25) is 5.91 Å². The van der Waals surface area contributed by atoms with E-state index >= 15 is 0 Å². The highest BCUT2D eigenvalue weighted by Gasteiger charge is 2.53. The number of carbonyl (C=O) groups is 1. The minimum absolute atomic E-state index is 0.258. The molecule has 0 spiro atoms. The van der Waals surface area contributed by atoms with Gasteiger partial charge in [0.1, 0.15) is 73.2 Å². The van der Waals surface area contributed by atoms with E-state index in [-0.39, 0.29) is 18.9 Å². The molecule has 1 amide bonds. The molecule has 19 heteroatoms. The third-order valence-electron chi connectivity index (χ3n) is 11.4. The average Bonchev–Trinajstić information content (AvgIpc) is 3.23. The molecule has 17 unspecified atom stereocenters. The van der Waals surface area contributed by atoms with Crippen LogP contribution in [0.25, 0.3) is 0 Å². The first-order chi connectivity index (χ1) is 28.3. The normalized spacial score (nSPS) is 36.3. The highest BCUT2D eigenvalue weighted by molar-refractivity contribution is 5.76. The van der Waals surface area contributed by atoms with Crippen LogP contribution in [0.1, 0.15) is 117 Å². The number of amides is 1. The lowest BCUT2D eigenvalue weighted by Crippen LogP contribution is -2.66. The number of aliphatic hydroxyl groups excluding tert-OH is 11. The van der Waals surface area contributed by atoms with Crippen molar-refractivity contribution in [1.82, 2.24) is 5.32 Å². The molecule has 17 atom stereocenters. The van der Waals surface area contributed by atoms with Gasteiger partial charge in [0.25, 0.3) is 0 Å². The molecule has 19 nitrogen and oxygen atoms in total. The Hall–Kier alpha value is -1.21. The van der Waals surface area contributed by atoms with Crippen LogP contribution in [0.4, 0.5) is 0 Å². The lowest BCUT2D eigenvalue weighted by molar-refractivity contribution is -0.379. The standard InChI is InChI=1S/C40H75NO18/c1-3-5-7-8-9-10-11-12-13-14-16-18-28(46)41-23(24(45)17-15-6-4-2)22-54-38-34(52)31(49)36(26(20-43)56-38)59-40-35(53)32(50)37(27(21-44)57-40)58-39-33(51)30(48)29(47)25(19-42)55-39/h23-27,29-40,42-45,47-53H,3-22H2,1-2H3,(H,41,46). The molecule has 0 aromatic rings. The molecule has 0 radical (unpaired) electrons. The first-order valence-electron chi connectivity index (χ1n) is 21.8. The van der Waals surface area contributed by atoms with Crippen LogP contribution in [0.15, 0.2) is 0 Å². The number of ether oxygens (including phenoxy) is 6. The average molecular weight is 858 g/mol. The summed E-state index contributed by atoms with van der Waals surface area (Å²) >= 11 is 0. The summed E-state index contributed by atoms with van der Waals surface area (Å²) in [6.45, 7) is 1.53. The van der Waals surface area contributed by atoms with Gasteiger partial charge in [0, 0.05) is 6.42 Å². The van der Waals surface area contributed by atoms with Crippen LogP contribution in [0.3, 0.4) is 0 Å². The maximum absolute atomic E-state index is 13.0. The molecule has 0 aliphatic carbocycles. The monoisotopic (exact) mass is 857 g/mol. The Morgan fingerprint density at radius 2 is 0.966 bits per heavy atom. The van der Waals surface area contributed by atoms with E-state index in [2.05, 4.69) is 12.2 Å². The number of hydrogen-bond acceptors (Lipinski definition) is 18. The zero-order valence-corrected chi connectivity index (χ0v) is 34.7. The third kappa shape index (κ3) is 15.8. The molecule has 59 heavy (non-hydrogen) atoms. The first-order valence-corrected chi connectivity index (χ1v) is 21.8. The highest BCUT2D eigenvalue weighted by Crippen LogP contribution is 2.33. The number of unbranched alkanes of at least 4 members (excludes halogenated alkanes) is 12. The molecule has 3 rings (SSSR count). The van der Waals surface area contributed by atoms with Crippen LogP contribution in [0, 0.1) is 0 Å². The third-order valence-corrected chi connectivity index (χ3v) is 11.4. The van der Waals surface area contributed by atoms with Crippen molar-refractivity contribution in [3.05, 3.63) is 0 Å². The van der Waals surface area contributed by atoms with Gasteiger partial charge in [-0.05, 0) is 12.8 Å². The predicted octanol–water partition coefficient (Wildman–Crippen LogP) is -1.42. The molecule has 0 saturated carbocycles. The van der Waals surface area contributed by atoms with Gasteiger partial charge in [0.15, 0.2) is 18.9 Å². The maximum Gasteiger partial charge on any atom is 0.220 e. The summed E-state index contributed by atoms with van der Waals surface area (Å²) in [7, 11) is 0. The SMILES string of the molecule is CCCCCCCCCCCCCC(=O)NC(COC1OC(CO)C(OC2OC(CO)C(OC3OC(CO)C(O)C(O)C3O)C(O)C2O)C(O)C1O)C(O)CCCCC. The summed E-state index contributed by atoms with van der Waals surface area (Å²) in [4.78, 5) is 13.0. The van der Waals surface area contributed by atoms with Crippen molar-refractivity contribution in [2.24, 2.45) is 0 Å². The van der Waals surface area contributed by atoms with Crippen LogP contribution in [-0.4, -0.2) is 193 Å². The number of rotatable bonds is 28. The van der Waals surface area contributed by atoms with Crippen molar-refractivity contribution >= 4 is 5.91 Å². The van der Waals surface area contributed by atoms with Gasteiger partial charge >= 0.3 is 0 Å². The van der Waals surface area contributed by atoms with Crippen LogP contribution < -0.4 is 5.32 Å². The van der Waals surface area contributed by atoms with E-state index in [0.29, 0.717) is 19.3 Å². The molecule has 348 valence electrons. The van der Waals surface area contributed by atoms with E-state index < -0.39 is 124 Å². The zero-order valence-electron chi connectivity index (χ0n) is 34.7. The van der Waals surface area contributed by atoms with Gasteiger partial charge in [-0.15, -0.1) is 0 Å². The van der Waals surface area contributed by atoms with E-state index in [1.165, 1.54) is 44.9 Å². The molecule has 12 N–H and O–H groups in total. The topological polar surface area (TPSA) is 307 Å². The summed E-state index contributed by atoms with van der Waals surface area (Å²) in [5.41, 5.74) is 0. The summed E-state index contributed by atoms with van der Waals surface area (Å²) in [6.07, 6.45) is -10.7. The Morgan fingerprint density at radius 3 is 1.47 bits per heavy atom. The van der Waals surface area contributed by atoms with Crippen molar-refractivity contribution in [2.45, 2.75) is 221 Å². The quantitative estimate of drug-likeness (QED) is 0.0402. The molecular formula is C40H75NO18. The number of carbonyl (C=O) groups excluding carboxylic acids is 1. The molecule has 0 bridgehead atoms. The van der Waals surface area contributed by atoms with E-state index in [4.69, 9.17) is 28.4 Å². The number of hydrogen-bond donors (Lipinski definition) is 12. The maximum atomic E-state index is 13.0. The molecule has 3 heterocycles. The Kier molecular flexibility index (Phi) is 24.5. The van der Waals surface area contributed by atoms with E-state index in [1.54, 1.807) is 0 Å². The van der Waals surface area contributed by atoms with Crippen LogP contribution >= 0.6 is 0 Å². The highest BCUT2D eigenvalue weighted by atomic mass is 16.8. The molecule has 3 aliphatic rings. The molecule has 3 aliphatic heterocycles. The Bertz CT molecular complexity index is 1120. The van der Waals surface area contributed by atoms with Crippen molar-refractivity contribution in [2.75, 3.05) is 26.4 Å². The van der Waals surface area contributed by atoms with Crippen molar-refractivity contribution in [3.8, 4) is 0 Å². The summed E-state index contributed by atoms with van der Waals surface area (Å²) in [6, 6.07) is -0.873. The van der Waals surface area contributed by atoms with Gasteiger partial charge in [-0.3, -0.25) is 4.79 Å². The minimum Gasteiger partial charge on any atom is -0.394 e. The second-order valence-corrected chi connectivity index (χ2v) is 16.2. The predicted molar refractivity (Wildman–Crippen MR) is 208 cm³/mol. The lowest BCUT2D eigenvalue weighted by atomic mass is 9.96. The Balaban J connectivity index is 1.55. The van der Waals surface area contributed by atoms with E-state index in [0.717, 1.165) is 32.1 Å². The lowest BCUT2D eigenvalue weighted by Gasteiger charge is -2.48. The molecule has 3 saturated heterocycles. The van der Waals surface area contributed by atoms with E-state index in [1.807, 2.05) is 6.92 Å². The fourth-order valence-corrected chi connectivity index (χ4v) is 7.66. The van der Waals surface area contributed by atoms with Crippen molar-refractivity contribution < 1.29 is 89.4 Å².